The van der Waals surface area contributed by atoms with Crippen LogP contribution in [0.3, 0.4) is 0 Å². The lowest BCUT2D eigenvalue weighted by atomic mass is 10.1. The van der Waals surface area contributed by atoms with Gasteiger partial charge in [-0.15, -0.1) is 10.2 Å². The molecular weight excluding hydrogens is 364 g/mol. The van der Waals surface area contributed by atoms with Crippen molar-refractivity contribution >= 4 is 27.3 Å². The van der Waals surface area contributed by atoms with Crippen LogP contribution in [0, 0.1) is 6.92 Å². The van der Waals surface area contributed by atoms with Gasteiger partial charge >= 0.3 is 0 Å². The smallest absolute Gasteiger partial charge is 0.272 e. The standard InChI is InChI=1S/C14H20N6O3S2/c1-8(2)25(22,23)20-5-4-10-11(7-20)17-19-13(10)14(21)15-6-12-18-16-9(3)24-12/h8H,4-7H2,1-3H3,(H,15,21)(H,17,19). The molecule has 1 amide bonds. The minimum atomic E-state index is -3.33. The first-order chi connectivity index (χ1) is 11.8. The summed E-state index contributed by atoms with van der Waals surface area (Å²) in [5, 5.41) is 18.6. The second-order valence-corrected chi connectivity index (χ2v) is 9.86. The average molecular weight is 384 g/mol. The Kier molecular flexibility index (Phi) is 4.89. The lowest BCUT2D eigenvalue weighted by molar-refractivity contribution is 0.0944. The Labute approximate surface area is 149 Å². The third-order valence-electron chi connectivity index (χ3n) is 4.04. The van der Waals surface area contributed by atoms with Gasteiger partial charge in [0.15, 0.2) is 5.69 Å². The van der Waals surface area contributed by atoms with Gasteiger partial charge in [0, 0.05) is 12.1 Å². The van der Waals surface area contributed by atoms with Crippen molar-refractivity contribution in [2.24, 2.45) is 0 Å². The molecule has 2 aromatic rings. The van der Waals surface area contributed by atoms with Crippen LogP contribution in [0.4, 0.5) is 0 Å². The number of sulfonamides is 1. The highest BCUT2D eigenvalue weighted by atomic mass is 32.2. The zero-order valence-electron chi connectivity index (χ0n) is 14.2. The van der Waals surface area contributed by atoms with E-state index < -0.39 is 15.3 Å². The predicted molar refractivity (Wildman–Crippen MR) is 92.6 cm³/mol. The maximum atomic E-state index is 12.4. The third kappa shape index (κ3) is 3.58. The number of aryl methyl sites for hydroxylation is 1. The minimum Gasteiger partial charge on any atom is -0.344 e. The molecule has 0 saturated heterocycles. The molecule has 0 spiro atoms. The first kappa shape index (κ1) is 18.0. The number of fused-ring (bicyclic) bond motifs is 1. The summed E-state index contributed by atoms with van der Waals surface area (Å²) in [6, 6.07) is 0. The number of H-pyrrole nitrogens is 1. The van der Waals surface area contributed by atoms with Gasteiger partial charge in [-0.05, 0) is 27.2 Å². The van der Waals surface area contributed by atoms with E-state index in [0.717, 1.165) is 15.6 Å². The van der Waals surface area contributed by atoms with Crippen molar-refractivity contribution in [3.05, 3.63) is 27.0 Å². The predicted octanol–water partition coefficient (Wildman–Crippen LogP) is 0.596. The Morgan fingerprint density at radius 1 is 1.40 bits per heavy atom. The van der Waals surface area contributed by atoms with Gasteiger partial charge in [0.05, 0.1) is 24.0 Å². The SMILES string of the molecule is Cc1nnc(CNC(=O)c2n[nH]c3c2CCN(S(=O)(=O)C(C)C)C3)s1. The van der Waals surface area contributed by atoms with Gasteiger partial charge in [0.1, 0.15) is 10.0 Å². The maximum absolute atomic E-state index is 12.4. The Bertz CT molecular complexity index is 886. The molecular formula is C14H20N6O3S2. The molecule has 25 heavy (non-hydrogen) atoms. The average Bonchev–Trinajstić information content (AvgIpc) is 3.17. The summed E-state index contributed by atoms with van der Waals surface area (Å²) in [6.07, 6.45) is 0.457. The second kappa shape index (κ2) is 6.81. The van der Waals surface area contributed by atoms with Crippen LogP contribution in [0.5, 0.6) is 0 Å². The lowest BCUT2D eigenvalue weighted by Gasteiger charge is -2.27. The molecule has 0 saturated carbocycles. The number of carbonyl (C=O) groups is 1. The Morgan fingerprint density at radius 3 is 2.80 bits per heavy atom. The van der Waals surface area contributed by atoms with Gasteiger partial charge < -0.3 is 5.32 Å². The van der Waals surface area contributed by atoms with Crippen molar-refractivity contribution in [1.82, 2.24) is 30.0 Å². The first-order valence-electron chi connectivity index (χ1n) is 7.91. The number of hydrogen-bond donors (Lipinski definition) is 2. The number of hydrogen-bond acceptors (Lipinski definition) is 7. The number of rotatable bonds is 5. The molecule has 0 aromatic carbocycles. The molecule has 3 rings (SSSR count). The summed E-state index contributed by atoms with van der Waals surface area (Å²) >= 11 is 1.42. The van der Waals surface area contributed by atoms with Crippen LogP contribution in [0.2, 0.25) is 0 Å². The van der Waals surface area contributed by atoms with Crippen molar-refractivity contribution in [2.45, 2.75) is 45.5 Å². The van der Waals surface area contributed by atoms with Gasteiger partial charge in [-0.25, -0.2) is 8.42 Å². The fourth-order valence-corrected chi connectivity index (χ4v) is 4.54. The molecule has 0 atom stereocenters. The summed E-state index contributed by atoms with van der Waals surface area (Å²) in [4.78, 5) is 12.4. The second-order valence-electron chi connectivity index (χ2n) is 6.10. The Balaban J connectivity index is 1.70. The van der Waals surface area contributed by atoms with Crippen molar-refractivity contribution in [3.63, 3.8) is 0 Å². The van der Waals surface area contributed by atoms with E-state index in [1.165, 1.54) is 15.6 Å². The highest BCUT2D eigenvalue weighted by Gasteiger charge is 2.32. The van der Waals surface area contributed by atoms with Gasteiger partial charge in [-0.3, -0.25) is 9.89 Å². The monoisotopic (exact) mass is 384 g/mol. The van der Waals surface area contributed by atoms with Crippen LogP contribution in [0.1, 0.15) is 45.6 Å². The maximum Gasteiger partial charge on any atom is 0.272 e. The molecule has 9 nitrogen and oxygen atoms in total. The Hall–Kier alpha value is -1.85. The van der Waals surface area contributed by atoms with Gasteiger partial charge in [0.2, 0.25) is 10.0 Å². The number of carbonyl (C=O) groups excluding carboxylic acids is 1. The lowest BCUT2D eigenvalue weighted by Crippen LogP contribution is -2.40. The summed E-state index contributed by atoms with van der Waals surface area (Å²) in [5.41, 5.74) is 1.77. The van der Waals surface area contributed by atoms with Crippen LogP contribution >= 0.6 is 11.3 Å². The van der Waals surface area contributed by atoms with E-state index in [4.69, 9.17) is 0 Å². The van der Waals surface area contributed by atoms with Crippen LogP contribution in [-0.2, 0) is 29.5 Å². The zero-order valence-corrected chi connectivity index (χ0v) is 15.9. The molecule has 0 radical (unpaired) electrons. The summed E-state index contributed by atoms with van der Waals surface area (Å²) in [7, 11) is -3.33. The van der Waals surface area contributed by atoms with E-state index in [9.17, 15) is 13.2 Å². The fraction of sp³-hybridized carbons (Fsp3) is 0.571. The number of nitrogens with one attached hydrogen (secondary N) is 2. The van der Waals surface area contributed by atoms with Crippen LogP contribution in [0.25, 0.3) is 0 Å². The number of aromatic amines is 1. The van der Waals surface area contributed by atoms with Crippen molar-refractivity contribution in [1.29, 1.82) is 0 Å². The number of aromatic nitrogens is 4. The quantitative estimate of drug-likeness (QED) is 0.778. The minimum absolute atomic E-state index is 0.214. The summed E-state index contributed by atoms with van der Waals surface area (Å²) in [6.45, 7) is 6.02. The van der Waals surface area contributed by atoms with Crippen LogP contribution < -0.4 is 5.32 Å². The Morgan fingerprint density at radius 2 is 2.16 bits per heavy atom. The van der Waals surface area contributed by atoms with Crippen LogP contribution in [-0.4, -0.2) is 50.8 Å². The fourth-order valence-electron chi connectivity index (χ4n) is 2.64. The molecule has 2 aromatic heterocycles. The molecule has 136 valence electrons. The van der Waals surface area contributed by atoms with E-state index in [2.05, 4.69) is 25.7 Å². The highest BCUT2D eigenvalue weighted by molar-refractivity contribution is 7.89. The number of amides is 1. The summed E-state index contributed by atoms with van der Waals surface area (Å²) < 4.78 is 26.0. The number of nitrogens with zero attached hydrogens (tertiary/aromatic N) is 4. The zero-order chi connectivity index (χ0) is 18.2. The molecule has 0 fully saturated rings. The van der Waals surface area contributed by atoms with E-state index in [0.29, 0.717) is 30.9 Å². The molecule has 3 heterocycles. The van der Waals surface area contributed by atoms with Gasteiger partial charge in [-0.1, -0.05) is 11.3 Å². The van der Waals surface area contributed by atoms with E-state index in [1.54, 1.807) is 13.8 Å². The van der Waals surface area contributed by atoms with E-state index in [1.807, 2.05) is 6.92 Å². The van der Waals surface area contributed by atoms with E-state index in [-0.39, 0.29) is 12.5 Å². The molecule has 2 N–H and O–H groups in total. The topological polar surface area (TPSA) is 121 Å². The third-order valence-corrected chi connectivity index (χ3v) is 7.10. The van der Waals surface area contributed by atoms with Crippen molar-refractivity contribution in [3.8, 4) is 0 Å². The van der Waals surface area contributed by atoms with Crippen LogP contribution in [0.15, 0.2) is 0 Å². The highest BCUT2D eigenvalue weighted by Crippen LogP contribution is 2.24. The summed E-state index contributed by atoms with van der Waals surface area (Å²) in [5.74, 6) is -0.300. The normalized spacial score (nSPS) is 15.4. The largest absolute Gasteiger partial charge is 0.344 e. The molecule has 1 aliphatic heterocycles. The van der Waals surface area contributed by atoms with Gasteiger partial charge in [0.25, 0.3) is 5.91 Å². The van der Waals surface area contributed by atoms with Gasteiger partial charge in [-0.2, -0.15) is 9.40 Å². The molecule has 0 unspecified atom stereocenters. The molecule has 1 aliphatic rings. The molecule has 11 heteroatoms. The van der Waals surface area contributed by atoms with E-state index >= 15 is 0 Å². The van der Waals surface area contributed by atoms with Crippen molar-refractivity contribution in [2.75, 3.05) is 6.54 Å². The molecule has 0 bridgehead atoms. The first-order valence-corrected chi connectivity index (χ1v) is 10.2. The van der Waals surface area contributed by atoms with Crippen molar-refractivity contribution < 1.29 is 13.2 Å². The molecule has 0 aliphatic carbocycles.